The van der Waals surface area contributed by atoms with E-state index in [4.69, 9.17) is 4.74 Å². The van der Waals surface area contributed by atoms with Gasteiger partial charge in [0.15, 0.2) is 17.5 Å². The first kappa shape index (κ1) is 14.3. The van der Waals surface area contributed by atoms with Gasteiger partial charge in [0, 0.05) is 20.1 Å². The molecule has 0 spiro atoms. The zero-order valence-electron chi connectivity index (χ0n) is 11.1. The highest BCUT2D eigenvalue weighted by molar-refractivity contribution is 5.79. The Hall–Kier alpha value is -1.78. The minimum absolute atomic E-state index is 0.257. The highest BCUT2D eigenvalue weighted by Gasteiger charge is 2.04. The average Bonchev–Trinajstić information content (AvgIpc) is 2.39. The van der Waals surface area contributed by atoms with Gasteiger partial charge in [0.2, 0.25) is 0 Å². The fourth-order valence-corrected chi connectivity index (χ4v) is 1.47. The van der Waals surface area contributed by atoms with Crippen LogP contribution in [-0.4, -0.2) is 26.7 Å². The normalized spacial score (nSPS) is 11.2. The molecule has 0 aliphatic rings. The van der Waals surface area contributed by atoms with Crippen LogP contribution < -0.4 is 15.4 Å². The van der Waals surface area contributed by atoms with Crippen molar-refractivity contribution >= 4 is 5.96 Å². The highest BCUT2D eigenvalue weighted by Crippen LogP contribution is 2.17. The molecule has 18 heavy (non-hydrogen) atoms. The maximum atomic E-state index is 13.5. The van der Waals surface area contributed by atoms with Gasteiger partial charge >= 0.3 is 0 Å². The van der Waals surface area contributed by atoms with Gasteiger partial charge in [0.1, 0.15) is 0 Å². The van der Waals surface area contributed by atoms with Crippen LogP contribution >= 0.6 is 0 Å². The fourth-order valence-electron chi connectivity index (χ4n) is 1.47. The van der Waals surface area contributed by atoms with Gasteiger partial charge in [-0.05, 0) is 24.1 Å². The molecule has 0 aliphatic carbocycles. The van der Waals surface area contributed by atoms with Gasteiger partial charge in [-0.3, -0.25) is 4.99 Å². The van der Waals surface area contributed by atoms with Crippen molar-refractivity contribution in [3.63, 3.8) is 0 Å². The molecule has 1 aromatic carbocycles. The summed E-state index contributed by atoms with van der Waals surface area (Å²) in [5.41, 5.74) is 0.841. The van der Waals surface area contributed by atoms with Gasteiger partial charge in [-0.25, -0.2) is 4.39 Å². The molecule has 0 heterocycles. The molecular weight excluding hydrogens is 233 g/mol. The number of aliphatic imine (C=N–C) groups is 1. The molecule has 0 amide bonds. The number of nitrogens with one attached hydrogen (secondary N) is 2. The minimum Gasteiger partial charge on any atom is -0.494 e. The quantitative estimate of drug-likeness (QED) is 0.622. The van der Waals surface area contributed by atoms with Crippen LogP contribution in [0.3, 0.4) is 0 Å². The Kier molecular flexibility index (Phi) is 5.97. The van der Waals surface area contributed by atoms with Crippen molar-refractivity contribution in [1.82, 2.24) is 10.6 Å². The summed E-state index contributed by atoms with van der Waals surface area (Å²) in [4.78, 5) is 4.07. The van der Waals surface area contributed by atoms with Gasteiger partial charge < -0.3 is 15.4 Å². The monoisotopic (exact) mass is 253 g/mol. The van der Waals surface area contributed by atoms with E-state index >= 15 is 0 Å². The number of guanidine groups is 1. The summed E-state index contributed by atoms with van der Waals surface area (Å²) in [7, 11) is 3.16. The molecule has 2 N–H and O–H groups in total. The lowest BCUT2D eigenvalue weighted by Crippen LogP contribution is -2.37. The van der Waals surface area contributed by atoms with Crippen LogP contribution in [0, 0.1) is 5.82 Å². The third kappa shape index (κ3) is 4.24. The molecule has 100 valence electrons. The SMILES string of the molecule is CCCNC(=NC)NCc1ccc(OC)c(F)c1. The largest absolute Gasteiger partial charge is 0.494 e. The molecule has 1 aromatic rings. The highest BCUT2D eigenvalue weighted by atomic mass is 19.1. The molecule has 0 saturated carbocycles. The summed E-state index contributed by atoms with van der Waals surface area (Å²) >= 11 is 0. The van der Waals surface area contributed by atoms with Gasteiger partial charge in [-0.15, -0.1) is 0 Å². The number of halogens is 1. The second kappa shape index (κ2) is 7.53. The third-order valence-corrected chi connectivity index (χ3v) is 2.44. The number of ether oxygens (including phenoxy) is 1. The second-order valence-corrected chi connectivity index (χ2v) is 3.82. The molecule has 0 unspecified atom stereocenters. The Morgan fingerprint density at radius 2 is 2.17 bits per heavy atom. The van der Waals surface area contributed by atoms with Crippen molar-refractivity contribution < 1.29 is 9.13 Å². The Balaban J connectivity index is 2.55. The molecule has 0 aromatic heterocycles. The van der Waals surface area contributed by atoms with Crippen LogP contribution in [-0.2, 0) is 6.54 Å². The molecule has 1 rings (SSSR count). The minimum atomic E-state index is -0.353. The van der Waals surface area contributed by atoms with E-state index in [1.165, 1.54) is 13.2 Å². The van der Waals surface area contributed by atoms with E-state index in [9.17, 15) is 4.39 Å². The molecule has 0 aliphatic heterocycles. The first-order chi connectivity index (χ1) is 8.71. The maximum Gasteiger partial charge on any atom is 0.191 e. The Labute approximate surface area is 107 Å². The third-order valence-electron chi connectivity index (χ3n) is 2.44. The van der Waals surface area contributed by atoms with Crippen LogP contribution in [0.1, 0.15) is 18.9 Å². The van der Waals surface area contributed by atoms with Gasteiger partial charge in [0.25, 0.3) is 0 Å². The lowest BCUT2D eigenvalue weighted by molar-refractivity contribution is 0.386. The molecule has 4 nitrogen and oxygen atoms in total. The van der Waals surface area contributed by atoms with Crippen molar-refractivity contribution in [2.45, 2.75) is 19.9 Å². The van der Waals surface area contributed by atoms with E-state index in [0.717, 1.165) is 18.5 Å². The summed E-state index contributed by atoms with van der Waals surface area (Å²) in [6, 6.07) is 4.90. The zero-order valence-corrected chi connectivity index (χ0v) is 11.1. The molecule has 0 radical (unpaired) electrons. The Bertz CT molecular complexity index is 407. The lowest BCUT2D eigenvalue weighted by atomic mass is 10.2. The van der Waals surface area contributed by atoms with Crippen LogP contribution in [0.4, 0.5) is 4.39 Å². The number of methoxy groups -OCH3 is 1. The van der Waals surface area contributed by atoms with Crippen molar-refractivity contribution in [2.24, 2.45) is 4.99 Å². The van der Waals surface area contributed by atoms with Crippen LogP contribution in [0.2, 0.25) is 0 Å². The van der Waals surface area contributed by atoms with E-state index in [-0.39, 0.29) is 11.6 Å². The van der Waals surface area contributed by atoms with E-state index in [1.807, 2.05) is 6.07 Å². The summed E-state index contributed by atoms with van der Waals surface area (Å²) < 4.78 is 18.3. The van der Waals surface area contributed by atoms with Crippen molar-refractivity contribution in [3.05, 3.63) is 29.6 Å². The second-order valence-electron chi connectivity index (χ2n) is 3.82. The van der Waals surface area contributed by atoms with E-state index in [0.29, 0.717) is 12.5 Å². The summed E-state index contributed by atoms with van der Waals surface area (Å²) in [5.74, 6) is 0.619. The van der Waals surface area contributed by atoms with Gasteiger partial charge in [0.05, 0.1) is 7.11 Å². The Morgan fingerprint density at radius 1 is 1.39 bits per heavy atom. The van der Waals surface area contributed by atoms with Crippen molar-refractivity contribution in [3.8, 4) is 5.75 Å². The molecule has 5 heteroatoms. The smallest absolute Gasteiger partial charge is 0.191 e. The van der Waals surface area contributed by atoms with Crippen LogP contribution in [0.5, 0.6) is 5.75 Å². The summed E-state index contributed by atoms with van der Waals surface area (Å²) in [6.07, 6.45) is 1.03. The molecule has 0 fully saturated rings. The molecular formula is C13H20FN3O. The zero-order chi connectivity index (χ0) is 13.4. The predicted octanol–water partition coefficient (Wildman–Crippen LogP) is 1.91. The summed E-state index contributed by atoms with van der Waals surface area (Å²) in [5, 5.41) is 6.26. The topological polar surface area (TPSA) is 45.7 Å². The maximum absolute atomic E-state index is 13.5. The van der Waals surface area contributed by atoms with E-state index in [2.05, 4.69) is 22.5 Å². The fraction of sp³-hybridized carbons (Fsp3) is 0.462. The van der Waals surface area contributed by atoms with E-state index < -0.39 is 0 Å². The molecule has 0 saturated heterocycles. The van der Waals surface area contributed by atoms with Gasteiger partial charge in [-0.2, -0.15) is 0 Å². The Morgan fingerprint density at radius 3 is 2.72 bits per heavy atom. The van der Waals surface area contributed by atoms with Crippen LogP contribution in [0.15, 0.2) is 23.2 Å². The summed E-state index contributed by atoms with van der Waals surface area (Å²) in [6.45, 7) is 3.46. The number of nitrogens with zero attached hydrogens (tertiary/aromatic N) is 1. The lowest BCUT2D eigenvalue weighted by Gasteiger charge is -2.11. The predicted molar refractivity (Wildman–Crippen MR) is 71.4 cm³/mol. The van der Waals surface area contributed by atoms with Crippen molar-refractivity contribution in [2.75, 3.05) is 20.7 Å². The number of hydrogen-bond donors (Lipinski definition) is 2. The van der Waals surface area contributed by atoms with E-state index in [1.54, 1.807) is 13.1 Å². The molecule has 0 atom stereocenters. The van der Waals surface area contributed by atoms with Crippen LogP contribution in [0.25, 0.3) is 0 Å². The number of hydrogen-bond acceptors (Lipinski definition) is 2. The first-order valence-electron chi connectivity index (χ1n) is 5.98. The molecule has 0 bridgehead atoms. The first-order valence-corrected chi connectivity index (χ1v) is 5.98. The number of rotatable bonds is 5. The van der Waals surface area contributed by atoms with Gasteiger partial charge in [-0.1, -0.05) is 13.0 Å². The average molecular weight is 253 g/mol. The number of benzene rings is 1. The van der Waals surface area contributed by atoms with Crippen molar-refractivity contribution in [1.29, 1.82) is 0 Å². The standard InChI is InChI=1S/C13H20FN3O/c1-4-7-16-13(15-2)17-9-10-5-6-12(18-3)11(14)8-10/h5-6,8H,4,7,9H2,1-3H3,(H2,15,16,17).